The molecule has 0 bridgehead atoms. The number of carbonyl (C=O) groups excluding carboxylic acids is 1. The van der Waals surface area contributed by atoms with Crippen molar-refractivity contribution in [3.05, 3.63) is 70.5 Å². The average molecular weight is 387 g/mol. The molecule has 1 unspecified atom stereocenters. The van der Waals surface area contributed by atoms with Crippen LogP contribution in [0.1, 0.15) is 22.3 Å². The molecule has 0 saturated carbocycles. The quantitative estimate of drug-likeness (QED) is 0.794. The number of hydrazone groups is 1. The Bertz CT molecular complexity index is 866. The van der Waals surface area contributed by atoms with Gasteiger partial charge in [-0.25, -0.2) is 4.39 Å². The van der Waals surface area contributed by atoms with Crippen molar-refractivity contribution < 1.29 is 27.5 Å². The van der Waals surface area contributed by atoms with Gasteiger partial charge in [-0.15, -0.1) is 0 Å². The summed E-state index contributed by atoms with van der Waals surface area (Å²) in [5.74, 6) is -1.85. The van der Waals surface area contributed by atoms with Crippen molar-refractivity contribution in [2.45, 2.75) is 18.3 Å². The maximum atomic E-state index is 13.5. The number of alkyl halides is 3. The molecule has 1 amide bonds. The van der Waals surface area contributed by atoms with E-state index in [1.54, 1.807) is 0 Å². The summed E-state index contributed by atoms with van der Waals surface area (Å²) in [6.45, 7) is 0. The molecule has 0 aliphatic carbocycles. The molecule has 0 radical (unpaired) electrons. The number of rotatable bonds is 2. The molecular weight excluding hydrogens is 376 g/mol. The first-order chi connectivity index (χ1) is 12.1. The summed E-state index contributed by atoms with van der Waals surface area (Å²) < 4.78 is 53.5. The molecule has 1 aliphatic rings. The summed E-state index contributed by atoms with van der Waals surface area (Å²) >= 11 is 5.75. The average Bonchev–Trinajstić information content (AvgIpc) is 2.94. The molecule has 0 fully saturated rings. The molecule has 4 nitrogen and oxygen atoms in total. The van der Waals surface area contributed by atoms with Crippen molar-refractivity contribution in [1.82, 2.24) is 5.01 Å². The molecule has 2 aromatic rings. The molecule has 1 N–H and O–H groups in total. The fraction of sp³-hybridized carbons (Fsp3) is 0.176. The predicted octanol–water partition coefficient (Wildman–Crippen LogP) is 3.98. The van der Waals surface area contributed by atoms with Crippen LogP contribution in [-0.2, 0) is 0 Å². The van der Waals surface area contributed by atoms with Crippen LogP contribution in [0.25, 0.3) is 0 Å². The van der Waals surface area contributed by atoms with Crippen LogP contribution in [0.3, 0.4) is 0 Å². The highest BCUT2D eigenvalue weighted by molar-refractivity contribution is 6.30. The van der Waals surface area contributed by atoms with E-state index in [4.69, 9.17) is 11.6 Å². The fourth-order valence-electron chi connectivity index (χ4n) is 2.50. The van der Waals surface area contributed by atoms with Gasteiger partial charge in [0, 0.05) is 10.6 Å². The second-order valence-electron chi connectivity index (χ2n) is 5.67. The van der Waals surface area contributed by atoms with Crippen LogP contribution in [-0.4, -0.2) is 33.6 Å². The Morgan fingerprint density at radius 2 is 1.69 bits per heavy atom. The van der Waals surface area contributed by atoms with Gasteiger partial charge in [0.25, 0.3) is 11.6 Å². The number of halogens is 5. The van der Waals surface area contributed by atoms with Crippen LogP contribution in [0, 0.1) is 5.82 Å². The van der Waals surface area contributed by atoms with Crippen LogP contribution in [0.2, 0.25) is 5.02 Å². The third-order valence-corrected chi connectivity index (χ3v) is 4.15. The van der Waals surface area contributed by atoms with Gasteiger partial charge in [0.15, 0.2) is 0 Å². The summed E-state index contributed by atoms with van der Waals surface area (Å²) in [6, 6.07) is 9.68. The molecule has 9 heteroatoms. The van der Waals surface area contributed by atoms with Gasteiger partial charge in [-0.3, -0.25) is 4.79 Å². The van der Waals surface area contributed by atoms with Gasteiger partial charge in [0.1, 0.15) is 5.82 Å². The Labute approximate surface area is 150 Å². The smallest absolute Gasteiger partial charge is 0.362 e. The summed E-state index contributed by atoms with van der Waals surface area (Å²) in [7, 11) is 0. The number of hydrogen-bond acceptors (Lipinski definition) is 3. The van der Waals surface area contributed by atoms with E-state index in [0.29, 0.717) is 5.02 Å². The highest BCUT2D eigenvalue weighted by atomic mass is 35.5. The molecule has 2 aromatic carbocycles. The zero-order chi connectivity index (χ0) is 19.1. The Morgan fingerprint density at radius 3 is 2.23 bits per heavy atom. The van der Waals surface area contributed by atoms with E-state index in [-0.39, 0.29) is 21.8 Å². The maximum Gasteiger partial charge on any atom is 0.438 e. The second-order valence-corrected chi connectivity index (χ2v) is 6.11. The minimum absolute atomic E-state index is 0.00974. The highest BCUT2D eigenvalue weighted by Crippen LogP contribution is 2.42. The lowest BCUT2D eigenvalue weighted by atomic mass is 10.0. The number of amides is 1. The van der Waals surface area contributed by atoms with E-state index in [1.165, 1.54) is 24.3 Å². The summed E-state index contributed by atoms with van der Waals surface area (Å²) in [6.07, 6.45) is -6.09. The van der Waals surface area contributed by atoms with Gasteiger partial charge in [-0.05, 0) is 42.0 Å². The zero-order valence-corrected chi connectivity index (χ0v) is 13.7. The molecule has 136 valence electrons. The summed E-state index contributed by atoms with van der Waals surface area (Å²) in [4.78, 5) is 12.5. The Morgan fingerprint density at radius 1 is 1.12 bits per heavy atom. The van der Waals surface area contributed by atoms with Crippen molar-refractivity contribution in [2.75, 3.05) is 0 Å². The molecule has 3 rings (SSSR count). The maximum absolute atomic E-state index is 13.5. The molecule has 0 aromatic heterocycles. The van der Waals surface area contributed by atoms with Gasteiger partial charge in [0.2, 0.25) is 0 Å². The second kappa shape index (κ2) is 6.37. The molecular formula is C17H11ClF4N2O2. The van der Waals surface area contributed by atoms with E-state index < -0.39 is 30.0 Å². The topological polar surface area (TPSA) is 52.9 Å². The molecule has 0 saturated heterocycles. The Hall–Kier alpha value is -2.45. The molecule has 1 aliphatic heterocycles. The van der Waals surface area contributed by atoms with E-state index in [1.807, 2.05) is 0 Å². The number of nitrogens with zero attached hydrogens (tertiary/aromatic N) is 2. The van der Waals surface area contributed by atoms with Crippen molar-refractivity contribution >= 4 is 23.2 Å². The summed E-state index contributed by atoms with van der Waals surface area (Å²) in [5.41, 5.74) is -3.59. The van der Waals surface area contributed by atoms with Crippen molar-refractivity contribution in [1.29, 1.82) is 0 Å². The number of aliphatic hydroxyl groups is 1. The van der Waals surface area contributed by atoms with Gasteiger partial charge < -0.3 is 5.11 Å². The van der Waals surface area contributed by atoms with E-state index >= 15 is 0 Å². The first-order valence-electron chi connectivity index (χ1n) is 7.34. The van der Waals surface area contributed by atoms with Gasteiger partial charge in [-0.2, -0.15) is 23.3 Å². The van der Waals surface area contributed by atoms with Crippen molar-refractivity contribution in [2.24, 2.45) is 5.10 Å². The van der Waals surface area contributed by atoms with E-state index in [9.17, 15) is 27.5 Å². The largest absolute Gasteiger partial charge is 0.438 e. The third-order valence-electron chi connectivity index (χ3n) is 3.90. The summed E-state index contributed by atoms with van der Waals surface area (Å²) in [5, 5.41) is 14.3. The normalized spacial score (nSPS) is 20.2. The van der Waals surface area contributed by atoms with Crippen LogP contribution < -0.4 is 0 Å². The number of hydrogen-bond donors (Lipinski definition) is 1. The van der Waals surface area contributed by atoms with Gasteiger partial charge >= 0.3 is 6.18 Å². The van der Waals surface area contributed by atoms with E-state index in [0.717, 1.165) is 24.3 Å². The molecule has 26 heavy (non-hydrogen) atoms. The fourth-order valence-corrected chi connectivity index (χ4v) is 2.62. The van der Waals surface area contributed by atoms with Crippen molar-refractivity contribution in [3.8, 4) is 0 Å². The lowest BCUT2D eigenvalue weighted by Crippen LogP contribution is -2.56. The molecule has 1 heterocycles. The van der Waals surface area contributed by atoms with Crippen LogP contribution in [0.4, 0.5) is 17.6 Å². The lowest BCUT2D eigenvalue weighted by Gasteiger charge is -2.32. The van der Waals surface area contributed by atoms with E-state index in [2.05, 4.69) is 5.10 Å². The molecule has 0 spiro atoms. The number of benzene rings is 2. The number of carbonyl (C=O) groups is 1. The lowest BCUT2D eigenvalue weighted by molar-refractivity contribution is -0.297. The monoisotopic (exact) mass is 386 g/mol. The first kappa shape index (κ1) is 18.3. The van der Waals surface area contributed by atoms with Crippen molar-refractivity contribution in [3.63, 3.8) is 0 Å². The van der Waals surface area contributed by atoms with Crippen LogP contribution in [0.15, 0.2) is 53.6 Å². The highest BCUT2D eigenvalue weighted by Gasteiger charge is 2.63. The predicted molar refractivity (Wildman–Crippen MR) is 86.2 cm³/mol. The Balaban J connectivity index is 2.03. The minimum Gasteiger partial charge on any atom is -0.362 e. The van der Waals surface area contributed by atoms with Gasteiger partial charge in [-0.1, -0.05) is 23.7 Å². The Kier molecular flexibility index (Phi) is 4.49. The standard InChI is InChI=1S/C17H11ClF4N2O2/c18-12-5-1-10(2-6-12)14-9-16(26,17(20,21)22)24(23-14)15(25)11-3-7-13(19)8-4-11/h1-8,26H,9H2. The third kappa shape index (κ3) is 3.17. The zero-order valence-electron chi connectivity index (χ0n) is 13.0. The van der Waals surface area contributed by atoms with Crippen LogP contribution >= 0.6 is 11.6 Å². The SMILES string of the molecule is O=C(c1ccc(F)cc1)N1N=C(c2ccc(Cl)cc2)CC1(O)C(F)(F)F. The first-order valence-corrected chi connectivity index (χ1v) is 7.72. The van der Waals surface area contributed by atoms with Crippen LogP contribution in [0.5, 0.6) is 0 Å². The van der Waals surface area contributed by atoms with Gasteiger partial charge in [0.05, 0.1) is 12.1 Å². The molecule has 1 atom stereocenters. The minimum atomic E-state index is -5.15.